The number of aromatic nitrogens is 4. The van der Waals surface area contributed by atoms with Crippen LogP contribution in [-0.4, -0.2) is 48.9 Å². The number of aliphatic hydroxyl groups is 1. The fourth-order valence-corrected chi connectivity index (χ4v) is 2.29. The second-order valence-electron chi connectivity index (χ2n) is 5.42. The fourth-order valence-electron chi connectivity index (χ4n) is 2.06. The second kappa shape index (κ2) is 5.03. The van der Waals surface area contributed by atoms with Crippen LogP contribution in [0, 0.1) is 0 Å². The predicted molar refractivity (Wildman–Crippen MR) is 73.9 cm³/mol. The van der Waals surface area contributed by atoms with Crippen LogP contribution in [0.5, 0.6) is 0 Å². The molecule has 0 saturated heterocycles. The van der Waals surface area contributed by atoms with E-state index in [1.165, 1.54) is 0 Å². The molecule has 0 atom stereocenters. The highest BCUT2D eigenvalue weighted by molar-refractivity contribution is 6.33. The number of aryl methyl sites for hydroxylation is 1. The smallest absolute Gasteiger partial charge is 0.162 e. The Morgan fingerprint density at radius 3 is 2.74 bits per heavy atom. The largest absolute Gasteiger partial charge is 0.389 e. The van der Waals surface area contributed by atoms with Crippen molar-refractivity contribution in [2.75, 3.05) is 13.6 Å². The number of hydrogen-bond acceptors (Lipinski definition) is 5. The van der Waals surface area contributed by atoms with Gasteiger partial charge in [0.05, 0.1) is 23.7 Å². The molecule has 0 aromatic carbocycles. The van der Waals surface area contributed by atoms with E-state index in [9.17, 15) is 5.11 Å². The topological polar surface area (TPSA) is 67.1 Å². The maximum atomic E-state index is 9.78. The minimum absolute atomic E-state index is 0.407. The lowest BCUT2D eigenvalue weighted by Gasteiger charge is -2.24. The first kappa shape index (κ1) is 14.2. The molecule has 0 aliphatic heterocycles. The van der Waals surface area contributed by atoms with Crippen molar-refractivity contribution in [1.29, 1.82) is 0 Å². The van der Waals surface area contributed by atoms with E-state index in [0.29, 0.717) is 29.7 Å². The number of halogens is 1. The van der Waals surface area contributed by atoms with Crippen LogP contribution in [0.3, 0.4) is 0 Å². The molecule has 2 rings (SSSR count). The molecular formula is C12H18ClN5O. The van der Waals surface area contributed by atoms with Crippen molar-refractivity contribution in [2.24, 2.45) is 7.05 Å². The van der Waals surface area contributed by atoms with E-state index < -0.39 is 5.60 Å². The maximum Gasteiger partial charge on any atom is 0.162 e. The van der Waals surface area contributed by atoms with Crippen LogP contribution in [0.1, 0.15) is 19.7 Å². The van der Waals surface area contributed by atoms with Gasteiger partial charge in [0, 0.05) is 13.6 Å². The average molecular weight is 284 g/mol. The van der Waals surface area contributed by atoms with E-state index in [-0.39, 0.29) is 0 Å². The van der Waals surface area contributed by atoms with Crippen molar-refractivity contribution < 1.29 is 5.11 Å². The third-order valence-corrected chi connectivity index (χ3v) is 2.95. The minimum Gasteiger partial charge on any atom is -0.389 e. The molecule has 0 aliphatic rings. The van der Waals surface area contributed by atoms with E-state index in [4.69, 9.17) is 11.6 Å². The third-order valence-electron chi connectivity index (χ3n) is 2.66. The summed E-state index contributed by atoms with van der Waals surface area (Å²) in [7, 11) is 3.72. The van der Waals surface area contributed by atoms with E-state index >= 15 is 0 Å². The zero-order valence-corrected chi connectivity index (χ0v) is 12.3. The molecule has 104 valence electrons. The first-order valence-corrected chi connectivity index (χ1v) is 6.39. The monoisotopic (exact) mass is 283 g/mol. The molecule has 0 radical (unpaired) electrons. The molecule has 0 unspecified atom stereocenters. The van der Waals surface area contributed by atoms with Crippen LogP contribution in [-0.2, 0) is 13.6 Å². The van der Waals surface area contributed by atoms with Crippen LogP contribution in [0.2, 0.25) is 5.15 Å². The third kappa shape index (κ3) is 3.40. The Balaban J connectivity index is 2.23. The summed E-state index contributed by atoms with van der Waals surface area (Å²) < 4.78 is 1.67. The molecule has 0 amide bonds. The minimum atomic E-state index is -0.755. The summed E-state index contributed by atoms with van der Waals surface area (Å²) in [5.41, 5.74) is -0.0403. The van der Waals surface area contributed by atoms with Crippen molar-refractivity contribution >= 4 is 22.6 Å². The van der Waals surface area contributed by atoms with Crippen LogP contribution in [0.4, 0.5) is 0 Å². The van der Waals surface area contributed by atoms with E-state index in [1.807, 2.05) is 19.0 Å². The lowest BCUT2D eigenvalue weighted by molar-refractivity contribution is 0.0418. The van der Waals surface area contributed by atoms with Crippen molar-refractivity contribution in [3.05, 3.63) is 17.2 Å². The number of nitrogens with zero attached hydrogens (tertiary/aromatic N) is 5. The summed E-state index contributed by atoms with van der Waals surface area (Å²) in [5, 5.41) is 15.0. The summed E-state index contributed by atoms with van der Waals surface area (Å²) in [5.74, 6) is 0.618. The van der Waals surface area contributed by atoms with Gasteiger partial charge in [0.2, 0.25) is 0 Å². The lowest BCUT2D eigenvalue weighted by Crippen LogP contribution is -2.36. The van der Waals surface area contributed by atoms with Crippen molar-refractivity contribution in [1.82, 2.24) is 24.6 Å². The quantitative estimate of drug-likeness (QED) is 0.855. The summed E-state index contributed by atoms with van der Waals surface area (Å²) >= 11 is 6.12. The molecule has 6 nitrogen and oxygen atoms in total. The highest BCUT2D eigenvalue weighted by Gasteiger charge is 2.17. The first-order chi connectivity index (χ1) is 8.76. The number of fused-ring (bicyclic) bond motifs is 1. The van der Waals surface area contributed by atoms with Crippen LogP contribution >= 0.6 is 11.6 Å². The summed E-state index contributed by atoms with van der Waals surface area (Å²) in [6, 6.07) is 0. The Morgan fingerprint density at radius 2 is 2.11 bits per heavy atom. The summed E-state index contributed by atoms with van der Waals surface area (Å²) in [6.45, 7) is 4.57. The van der Waals surface area contributed by atoms with Gasteiger partial charge in [0.25, 0.3) is 0 Å². The van der Waals surface area contributed by atoms with Crippen LogP contribution < -0.4 is 0 Å². The molecule has 0 spiro atoms. The fraction of sp³-hybridized carbons (Fsp3) is 0.583. The molecule has 0 aliphatic carbocycles. The molecule has 7 heteroatoms. The predicted octanol–water partition coefficient (Wildman–Crippen LogP) is 1.22. The van der Waals surface area contributed by atoms with Gasteiger partial charge < -0.3 is 5.11 Å². The maximum absolute atomic E-state index is 9.78. The van der Waals surface area contributed by atoms with Gasteiger partial charge in [-0.3, -0.25) is 9.58 Å². The van der Waals surface area contributed by atoms with Gasteiger partial charge in [-0.25, -0.2) is 9.97 Å². The van der Waals surface area contributed by atoms with Gasteiger partial charge in [-0.2, -0.15) is 5.10 Å². The summed E-state index contributed by atoms with van der Waals surface area (Å²) in [6.07, 6.45) is 1.65. The molecular weight excluding hydrogens is 266 g/mol. The molecule has 0 saturated carbocycles. The van der Waals surface area contributed by atoms with E-state index in [2.05, 4.69) is 15.1 Å². The molecule has 0 fully saturated rings. The standard InChI is InChI=1S/C12H18ClN5O/c1-12(2,19)7-17(3)6-9-15-10(13)8-5-14-18(4)11(8)16-9/h5,19H,6-7H2,1-4H3. The van der Waals surface area contributed by atoms with E-state index in [0.717, 1.165) is 5.39 Å². The molecule has 2 aromatic rings. The normalized spacial score (nSPS) is 12.6. The van der Waals surface area contributed by atoms with Gasteiger partial charge in [-0.05, 0) is 20.9 Å². The van der Waals surface area contributed by atoms with Gasteiger partial charge in [-0.15, -0.1) is 0 Å². The average Bonchev–Trinajstić information content (AvgIpc) is 2.58. The Morgan fingerprint density at radius 1 is 1.42 bits per heavy atom. The Kier molecular flexibility index (Phi) is 3.75. The Bertz CT molecular complexity index is 590. The number of rotatable bonds is 4. The highest BCUT2D eigenvalue weighted by atomic mass is 35.5. The van der Waals surface area contributed by atoms with Crippen molar-refractivity contribution in [3.8, 4) is 0 Å². The van der Waals surface area contributed by atoms with Gasteiger partial charge in [-0.1, -0.05) is 11.6 Å². The Hall–Kier alpha value is -1.24. The van der Waals surface area contributed by atoms with Crippen LogP contribution in [0.15, 0.2) is 6.20 Å². The second-order valence-corrected chi connectivity index (χ2v) is 5.78. The molecule has 2 heterocycles. The first-order valence-electron chi connectivity index (χ1n) is 6.01. The molecule has 19 heavy (non-hydrogen) atoms. The zero-order chi connectivity index (χ0) is 14.2. The number of hydrogen-bond donors (Lipinski definition) is 1. The van der Waals surface area contributed by atoms with Crippen LogP contribution in [0.25, 0.3) is 11.0 Å². The van der Waals surface area contributed by atoms with E-state index in [1.54, 1.807) is 24.7 Å². The molecule has 2 aromatic heterocycles. The molecule has 0 bridgehead atoms. The lowest BCUT2D eigenvalue weighted by atomic mass is 10.1. The molecule has 1 N–H and O–H groups in total. The zero-order valence-electron chi connectivity index (χ0n) is 11.6. The van der Waals surface area contributed by atoms with Gasteiger partial charge in [0.1, 0.15) is 11.0 Å². The summed E-state index contributed by atoms with van der Waals surface area (Å²) in [4.78, 5) is 10.7. The highest BCUT2D eigenvalue weighted by Crippen LogP contribution is 2.19. The SMILES string of the molecule is CN(Cc1nc(Cl)c2cnn(C)c2n1)CC(C)(C)O. The Labute approximate surface area is 117 Å². The van der Waals surface area contributed by atoms with Gasteiger partial charge in [0.15, 0.2) is 5.65 Å². The van der Waals surface area contributed by atoms with Gasteiger partial charge >= 0.3 is 0 Å². The van der Waals surface area contributed by atoms with Crippen molar-refractivity contribution in [3.63, 3.8) is 0 Å². The number of likely N-dealkylation sites (N-methyl/N-ethyl adjacent to an activating group) is 1. The van der Waals surface area contributed by atoms with Crippen molar-refractivity contribution in [2.45, 2.75) is 26.0 Å².